The lowest BCUT2D eigenvalue weighted by Gasteiger charge is -2.19. The van der Waals surface area contributed by atoms with Crippen molar-refractivity contribution in [2.24, 2.45) is 5.73 Å². The monoisotopic (exact) mass is 381 g/mol. The molecule has 1 aromatic heterocycles. The first-order chi connectivity index (χ1) is 13.1. The number of benzene rings is 2. The van der Waals surface area contributed by atoms with Gasteiger partial charge in [-0.05, 0) is 36.4 Å². The van der Waals surface area contributed by atoms with E-state index >= 15 is 0 Å². The third kappa shape index (κ3) is 3.84. The highest BCUT2D eigenvalue weighted by molar-refractivity contribution is 7.18. The molecule has 2 heterocycles. The maximum atomic E-state index is 12.5. The molecule has 0 spiro atoms. The van der Waals surface area contributed by atoms with Gasteiger partial charge in [-0.1, -0.05) is 12.1 Å². The van der Waals surface area contributed by atoms with Crippen LogP contribution in [0.25, 0.3) is 10.2 Å². The molecular formula is C20H21N4O2S+. The number of nitrogens with two attached hydrogens (primary N) is 1. The number of hydrogen-bond acceptors (Lipinski definition) is 4. The summed E-state index contributed by atoms with van der Waals surface area (Å²) in [6, 6.07) is 15.0. The summed E-state index contributed by atoms with van der Waals surface area (Å²) in [7, 11) is 0. The molecule has 138 valence electrons. The van der Waals surface area contributed by atoms with Gasteiger partial charge in [-0.3, -0.25) is 9.59 Å². The van der Waals surface area contributed by atoms with Crippen LogP contribution in [0.3, 0.4) is 0 Å². The van der Waals surface area contributed by atoms with Crippen LogP contribution in [0.15, 0.2) is 48.5 Å². The number of likely N-dealkylation sites (tertiary alicyclic amines) is 1. The van der Waals surface area contributed by atoms with Gasteiger partial charge in [0, 0.05) is 24.1 Å². The largest absolute Gasteiger partial charge is 0.366 e. The van der Waals surface area contributed by atoms with Gasteiger partial charge in [-0.25, -0.2) is 4.98 Å². The summed E-state index contributed by atoms with van der Waals surface area (Å²) in [6.45, 7) is 1.37. The van der Waals surface area contributed by atoms with Gasteiger partial charge in [0.1, 0.15) is 6.04 Å². The fourth-order valence-electron chi connectivity index (χ4n) is 3.59. The van der Waals surface area contributed by atoms with Crippen molar-refractivity contribution in [1.29, 1.82) is 0 Å². The van der Waals surface area contributed by atoms with Crippen LogP contribution in [-0.4, -0.2) is 29.9 Å². The van der Waals surface area contributed by atoms with E-state index in [0.29, 0.717) is 17.8 Å². The summed E-state index contributed by atoms with van der Waals surface area (Å²) in [5, 5.41) is 4.02. The molecule has 27 heavy (non-hydrogen) atoms. The van der Waals surface area contributed by atoms with Crippen molar-refractivity contribution in [1.82, 2.24) is 4.98 Å². The highest BCUT2D eigenvalue weighted by Crippen LogP contribution is 2.28. The predicted octanol–water partition coefficient (Wildman–Crippen LogP) is 1.75. The first kappa shape index (κ1) is 17.6. The Morgan fingerprint density at radius 1 is 1.19 bits per heavy atom. The first-order valence-electron chi connectivity index (χ1n) is 9.00. The number of thiazole rings is 1. The zero-order valence-electron chi connectivity index (χ0n) is 14.8. The van der Waals surface area contributed by atoms with Crippen molar-refractivity contribution in [3.05, 3.63) is 59.1 Å². The van der Waals surface area contributed by atoms with E-state index in [1.54, 1.807) is 35.6 Å². The minimum Gasteiger partial charge on any atom is -0.366 e. The molecule has 0 bridgehead atoms. The summed E-state index contributed by atoms with van der Waals surface area (Å²) < 4.78 is 1.19. The normalized spacial score (nSPS) is 19.3. The molecule has 6 nitrogen and oxygen atoms in total. The molecule has 2 aromatic carbocycles. The van der Waals surface area contributed by atoms with Crippen molar-refractivity contribution < 1.29 is 14.5 Å². The summed E-state index contributed by atoms with van der Waals surface area (Å²) in [5.74, 6) is -0.516. The Kier molecular flexibility index (Phi) is 4.87. The summed E-state index contributed by atoms with van der Waals surface area (Å²) in [5.41, 5.74) is 7.36. The molecule has 1 aliphatic rings. The topological polar surface area (TPSA) is 89.5 Å². The smallest absolute Gasteiger partial charge is 0.279 e. The number of fused-ring (bicyclic) bond motifs is 1. The zero-order chi connectivity index (χ0) is 18.8. The summed E-state index contributed by atoms with van der Waals surface area (Å²) in [4.78, 5) is 29.7. The summed E-state index contributed by atoms with van der Waals surface area (Å²) in [6.07, 6.45) is 2.15. The van der Waals surface area contributed by atoms with Crippen molar-refractivity contribution in [3.8, 4) is 0 Å². The van der Waals surface area contributed by atoms with Crippen molar-refractivity contribution in [3.63, 3.8) is 0 Å². The quantitative estimate of drug-likeness (QED) is 0.629. The Bertz CT molecular complexity index is 950. The van der Waals surface area contributed by atoms with E-state index < -0.39 is 5.91 Å². The van der Waals surface area contributed by atoms with E-state index in [9.17, 15) is 9.59 Å². The fraction of sp³-hybridized carbons (Fsp3) is 0.250. The Balaban J connectivity index is 1.43. The molecule has 1 fully saturated rings. The fourth-order valence-corrected chi connectivity index (χ4v) is 4.75. The van der Waals surface area contributed by atoms with Gasteiger partial charge >= 0.3 is 0 Å². The van der Waals surface area contributed by atoms with Crippen molar-refractivity contribution in [2.45, 2.75) is 18.9 Å². The average molecular weight is 381 g/mol. The lowest BCUT2D eigenvalue weighted by Crippen LogP contribution is -3.11. The van der Waals surface area contributed by atoms with Gasteiger partial charge < -0.3 is 16.0 Å². The van der Waals surface area contributed by atoms with E-state index in [0.717, 1.165) is 29.9 Å². The average Bonchev–Trinajstić information content (AvgIpc) is 3.28. The van der Waals surface area contributed by atoms with Crippen LogP contribution >= 0.6 is 11.3 Å². The molecule has 0 saturated carbocycles. The molecule has 1 unspecified atom stereocenters. The van der Waals surface area contributed by atoms with E-state index in [-0.39, 0.29) is 11.9 Å². The number of para-hydroxylation sites is 1. The number of nitrogens with zero attached hydrogens (tertiary/aromatic N) is 1. The van der Waals surface area contributed by atoms with Gasteiger partial charge in [0.2, 0.25) is 5.91 Å². The number of anilines is 1. The van der Waals surface area contributed by atoms with Crippen LogP contribution in [0.1, 0.15) is 34.2 Å². The van der Waals surface area contributed by atoms with E-state index in [1.807, 2.05) is 18.2 Å². The minimum atomic E-state index is -0.479. The van der Waals surface area contributed by atoms with Gasteiger partial charge in [0.05, 0.1) is 16.8 Å². The second-order valence-corrected chi connectivity index (χ2v) is 7.85. The van der Waals surface area contributed by atoms with Crippen molar-refractivity contribution in [2.75, 3.05) is 18.4 Å². The number of carbonyl (C=O) groups is 2. The number of rotatable bonds is 5. The lowest BCUT2D eigenvalue weighted by atomic mass is 10.2. The number of carbonyl (C=O) groups excluding carboxylic acids is 2. The number of aromatic nitrogens is 1. The van der Waals surface area contributed by atoms with Crippen LogP contribution in [-0.2, 0) is 4.79 Å². The third-order valence-electron chi connectivity index (χ3n) is 4.93. The first-order valence-corrected chi connectivity index (χ1v) is 9.81. The number of quaternary nitrogens is 1. The Hall–Kier alpha value is -2.77. The molecule has 4 N–H and O–H groups in total. The second kappa shape index (κ2) is 7.46. The maximum Gasteiger partial charge on any atom is 0.279 e. The molecule has 1 aliphatic heterocycles. The number of amides is 2. The highest BCUT2D eigenvalue weighted by atomic mass is 32.1. The summed E-state index contributed by atoms with van der Waals surface area (Å²) >= 11 is 1.73. The Labute approximate surface area is 161 Å². The Morgan fingerprint density at radius 2 is 1.96 bits per heavy atom. The molecule has 0 aliphatic carbocycles. The van der Waals surface area contributed by atoms with E-state index in [1.165, 1.54) is 9.60 Å². The molecule has 7 heteroatoms. The highest BCUT2D eigenvalue weighted by Gasteiger charge is 2.34. The second-order valence-electron chi connectivity index (χ2n) is 6.79. The lowest BCUT2D eigenvalue weighted by molar-refractivity contribution is -0.910. The predicted molar refractivity (Wildman–Crippen MR) is 106 cm³/mol. The number of primary amides is 1. The van der Waals surface area contributed by atoms with E-state index in [2.05, 4.69) is 11.4 Å². The van der Waals surface area contributed by atoms with Crippen LogP contribution in [0.4, 0.5) is 5.69 Å². The maximum absolute atomic E-state index is 12.5. The number of nitrogens with one attached hydrogen (secondary N) is 2. The third-order valence-corrected chi connectivity index (χ3v) is 6.08. The van der Waals surface area contributed by atoms with Gasteiger partial charge in [-0.2, -0.15) is 0 Å². The molecule has 2 amide bonds. The SMILES string of the molecule is NC(=O)c1ccc(NC(=O)C[NH+]2CCC[C@@H]2c2nc3ccccc3s2)cc1. The Morgan fingerprint density at radius 3 is 2.70 bits per heavy atom. The minimum absolute atomic E-state index is 0.0372. The molecule has 3 aromatic rings. The standard InChI is InChI=1S/C20H20N4O2S/c21-19(26)13-7-9-14(10-8-13)22-18(25)12-24-11-3-5-16(24)20-23-15-4-1-2-6-17(15)27-20/h1-2,4,6-10,16H,3,5,11-12H2,(H2,21,26)(H,22,25)/p+1/t16-/m1/s1. The zero-order valence-corrected chi connectivity index (χ0v) is 15.6. The number of hydrogen-bond donors (Lipinski definition) is 3. The molecule has 2 atom stereocenters. The molecule has 4 rings (SSSR count). The van der Waals surface area contributed by atoms with Gasteiger partial charge in [0.25, 0.3) is 5.91 Å². The molecule has 0 radical (unpaired) electrons. The molecular weight excluding hydrogens is 360 g/mol. The van der Waals surface area contributed by atoms with Crippen LogP contribution < -0.4 is 16.0 Å². The van der Waals surface area contributed by atoms with Crippen LogP contribution in [0.2, 0.25) is 0 Å². The van der Waals surface area contributed by atoms with Gasteiger partial charge in [-0.15, -0.1) is 11.3 Å². The van der Waals surface area contributed by atoms with Crippen LogP contribution in [0.5, 0.6) is 0 Å². The van der Waals surface area contributed by atoms with E-state index in [4.69, 9.17) is 10.7 Å². The molecule has 1 saturated heterocycles. The van der Waals surface area contributed by atoms with Crippen molar-refractivity contribution >= 4 is 39.1 Å². The van der Waals surface area contributed by atoms with Gasteiger partial charge in [0.15, 0.2) is 11.6 Å². The van der Waals surface area contributed by atoms with Crippen LogP contribution in [0, 0.1) is 0 Å².